The summed E-state index contributed by atoms with van der Waals surface area (Å²) < 4.78 is 5.30. The minimum absolute atomic E-state index is 0.143. The molecule has 10 heteroatoms. The van der Waals surface area contributed by atoms with E-state index in [1.54, 1.807) is 35.2 Å². The van der Waals surface area contributed by atoms with Crippen molar-refractivity contribution in [2.45, 2.75) is 25.8 Å². The molecule has 35 heavy (non-hydrogen) atoms. The largest absolute Gasteiger partial charge is 0.497 e. The molecule has 0 bridgehead atoms. The molecule has 4 amide bonds. The number of benzene rings is 1. The molecule has 2 aromatic heterocycles. The molecule has 9 nitrogen and oxygen atoms in total. The van der Waals surface area contributed by atoms with E-state index < -0.39 is 0 Å². The van der Waals surface area contributed by atoms with Gasteiger partial charge in [-0.15, -0.1) is 11.3 Å². The Balaban J connectivity index is 1.48. The molecule has 0 saturated carbocycles. The molecule has 1 atom stereocenters. The van der Waals surface area contributed by atoms with Crippen LogP contribution >= 0.6 is 11.3 Å². The van der Waals surface area contributed by atoms with E-state index in [1.165, 1.54) is 17.4 Å². The van der Waals surface area contributed by atoms with Crippen LogP contribution in [0, 0.1) is 6.92 Å². The lowest BCUT2D eigenvalue weighted by Crippen LogP contribution is -2.49. The van der Waals surface area contributed by atoms with Gasteiger partial charge in [0.05, 0.1) is 29.6 Å². The summed E-state index contributed by atoms with van der Waals surface area (Å²) in [5.41, 5.74) is 2.72. The molecule has 0 unspecified atom stereocenters. The van der Waals surface area contributed by atoms with E-state index in [4.69, 9.17) is 4.74 Å². The predicted octanol–water partition coefficient (Wildman–Crippen LogP) is 4.20. The maximum absolute atomic E-state index is 13.3. The van der Waals surface area contributed by atoms with Crippen LogP contribution in [-0.4, -0.2) is 54.0 Å². The summed E-state index contributed by atoms with van der Waals surface area (Å²) in [6, 6.07) is 6.76. The summed E-state index contributed by atoms with van der Waals surface area (Å²) in [5.74, 6) is 0.270. The lowest BCUT2D eigenvalue weighted by atomic mass is 10.1. The van der Waals surface area contributed by atoms with E-state index in [9.17, 15) is 14.4 Å². The third kappa shape index (κ3) is 3.99. The summed E-state index contributed by atoms with van der Waals surface area (Å²) in [6.07, 6.45) is 4.50. The maximum atomic E-state index is 13.3. The zero-order valence-corrected chi connectivity index (χ0v) is 20.3. The summed E-state index contributed by atoms with van der Waals surface area (Å²) >= 11 is 1.24. The summed E-state index contributed by atoms with van der Waals surface area (Å²) in [7, 11) is 1.60. The van der Waals surface area contributed by atoms with Gasteiger partial charge in [-0.05, 0) is 55.7 Å². The van der Waals surface area contributed by atoms with E-state index in [2.05, 4.69) is 22.2 Å². The van der Waals surface area contributed by atoms with Crippen LogP contribution in [0.4, 0.5) is 21.9 Å². The second kappa shape index (κ2) is 9.03. The molecule has 2 aliphatic rings. The zero-order valence-electron chi connectivity index (χ0n) is 19.5. The van der Waals surface area contributed by atoms with Gasteiger partial charge in [0.2, 0.25) is 5.91 Å². The van der Waals surface area contributed by atoms with Gasteiger partial charge in [-0.3, -0.25) is 14.5 Å². The Labute approximate surface area is 206 Å². The second-order valence-electron chi connectivity index (χ2n) is 8.54. The van der Waals surface area contributed by atoms with Crippen molar-refractivity contribution >= 4 is 56.5 Å². The second-order valence-corrected chi connectivity index (χ2v) is 9.53. The number of nitrogens with one attached hydrogen (secondary N) is 2. The molecule has 0 spiro atoms. The van der Waals surface area contributed by atoms with E-state index >= 15 is 0 Å². The van der Waals surface area contributed by atoms with Crippen molar-refractivity contribution in [1.29, 1.82) is 0 Å². The number of urea groups is 1. The molecule has 5 rings (SSSR count). The molecule has 2 aliphatic heterocycles. The van der Waals surface area contributed by atoms with Crippen LogP contribution in [0.3, 0.4) is 0 Å². The van der Waals surface area contributed by atoms with Crippen LogP contribution < -0.4 is 20.3 Å². The van der Waals surface area contributed by atoms with Gasteiger partial charge in [0.1, 0.15) is 15.5 Å². The Hall–Kier alpha value is -3.92. The molecule has 3 aromatic rings. The molecule has 1 fully saturated rings. The van der Waals surface area contributed by atoms with Crippen LogP contribution in [0.25, 0.3) is 10.2 Å². The quantitative estimate of drug-likeness (QED) is 0.410. The number of aryl methyl sites for hydroxylation is 1. The van der Waals surface area contributed by atoms with Crippen molar-refractivity contribution in [3.63, 3.8) is 0 Å². The topological polar surface area (TPSA) is 104 Å². The Kier molecular flexibility index (Phi) is 5.89. The van der Waals surface area contributed by atoms with Gasteiger partial charge in [-0.25, -0.2) is 9.78 Å². The van der Waals surface area contributed by atoms with Gasteiger partial charge in [0.25, 0.3) is 5.91 Å². The number of thiophene rings is 1. The molecule has 1 aromatic carbocycles. The Morgan fingerprint density at radius 1 is 1.31 bits per heavy atom. The normalized spacial score (nSPS) is 17.2. The Bertz CT molecular complexity index is 1370. The van der Waals surface area contributed by atoms with Gasteiger partial charge < -0.3 is 20.3 Å². The van der Waals surface area contributed by atoms with Crippen LogP contribution in [-0.2, 0) is 4.79 Å². The highest BCUT2D eigenvalue weighted by molar-refractivity contribution is 7.21. The number of amides is 4. The molecule has 1 saturated heterocycles. The van der Waals surface area contributed by atoms with Crippen molar-refractivity contribution < 1.29 is 19.1 Å². The number of ether oxygens (including phenoxy) is 1. The number of rotatable bonds is 5. The van der Waals surface area contributed by atoms with Gasteiger partial charge in [0.15, 0.2) is 0 Å². The number of pyridine rings is 1. The van der Waals surface area contributed by atoms with Crippen molar-refractivity contribution in [3.8, 4) is 5.75 Å². The molecular weight excluding hydrogens is 467 g/mol. The lowest BCUT2D eigenvalue weighted by molar-refractivity contribution is -0.127. The number of hydrogen-bond donors (Lipinski definition) is 2. The average molecular weight is 493 g/mol. The van der Waals surface area contributed by atoms with Crippen LogP contribution in [0.15, 0.2) is 43.1 Å². The van der Waals surface area contributed by atoms with E-state index in [1.807, 2.05) is 19.1 Å². The number of anilines is 3. The fraction of sp³-hybridized carbons (Fsp3) is 0.280. The van der Waals surface area contributed by atoms with Crippen molar-refractivity contribution in [2.75, 3.05) is 30.4 Å². The molecule has 180 valence electrons. The van der Waals surface area contributed by atoms with E-state index in [-0.39, 0.29) is 23.9 Å². The SMILES string of the molecule is COc1ccc(N2C(=O)Nc3c(C(=O)N[C@@H]4CCCN(C(=O)C=[13CH2])C4)sc4nccc2c34)c(C)c1. The summed E-state index contributed by atoms with van der Waals surface area (Å²) in [4.78, 5) is 47.4. The third-order valence-corrected chi connectivity index (χ3v) is 7.44. The smallest absolute Gasteiger partial charge is 0.331 e. The fourth-order valence-corrected chi connectivity index (χ4v) is 5.69. The highest BCUT2D eigenvalue weighted by Gasteiger charge is 2.34. The minimum atomic E-state index is -0.355. The van der Waals surface area contributed by atoms with Crippen LogP contribution in [0.2, 0.25) is 0 Å². The number of methoxy groups -OCH3 is 1. The first-order chi connectivity index (χ1) is 16.9. The highest BCUT2D eigenvalue weighted by atomic mass is 32.1. The van der Waals surface area contributed by atoms with Gasteiger partial charge in [-0.2, -0.15) is 0 Å². The van der Waals surface area contributed by atoms with Crippen LogP contribution in [0.1, 0.15) is 28.1 Å². The number of nitrogens with zero attached hydrogens (tertiary/aromatic N) is 3. The number of likely N-dealkylation sites (tertiary alicyclic amines) is 1. The summed E-state index contributed by atoms with van der Waals surface area (Å²) in [6.45, 7) is 6.53. The van der Waals surface area contributed by atoms with Gasteiger partial charge in [-0.1, -0.05) is 6.58 Å². The predicted molar refractivity (Wildman–Crippen MR) is 136 cm³/mol. The number of piperidine rings is 1. The molecule has 2 N–H and O–H groups in total. The van der Waals surface area contributed by atoms with Crippen molar-refractivity contribution in [3.05, 3.63) is 53.6 Å². The fourth-order valence-electron chi connectivity index (χ4n) is 4.66. The highest BCUT2D eigenvalue weighted by Crippen LogP contribution is 2.46. The molecule has 0 aliphatic carbocycles. The first-order valence-electron chi connectivity index (χ1n) is 11.3. The minimum Gasteiger partial charge on any atom is -0.497 e. The standard InChI is InChI=1S/C25H25N5O4S/c1-4-19(31)29-11-5-6-15(13-29)27-23(32)22-21-20-18(9-10-26-24(20)35-22)30(25(33)28-21)17-8-7-16(34-3)12-14(17)2/h4,7-10,12,15H,1,5-6,11,13H2,2-3H3,(H,27,32)(H,28,33)/t15-/m1/s1/i1+1. The Morgan fingerprint density at radius 2 is 2.14 bits per heavy atom. The first-order valence-corrected chi connectivity index (χ1v) is 12.1. The van der Waals surface area contributed by atoms with Crippen molar-refractivity contribution in [1.82, 2.24) is 15.2 Å². The number of carbonyl (C=O) groups excluding carboxylic acids is 3. The van der Waals surface area contributed by atoms with E-state index in [0.717, 1.165) is 23.8 Å². The summed E-state index contributed by atoms with van der Waals surface area (Å²) in [5, 5.41) is 6.69. The monoisotopic (exact) mass is 492 g/mol. The molecule has 4 heterocycles. The Morgan fingerprint density at radius 3 is 2.89 bits per heavy atom. The average Bonchev–Trinajstić information content (AvgIpc) is 3.24. The maximum Gasteiger partial charge on any atom is 0.331 e. The first kappa shape index (κ1) is 22.9. The number of aromatic nitrogens is 1. The lowest BCUT2D eigenvalue weighted by Gasteiger charge is -2.32. The zero-order chi connectivity index (χ0) is 24.7. The van der Waals surface area contributed by atoms with Gasteiger partial charge in [0, 0.05) is 25.3 Å². The van der Waals surface area contributed by atoms with Crippen molar-refractivity contribution in [2.24, 2.45) is 0 Å². The third-order valence-electron chi connectivity index (χ3n) is 6.34. The molecular formula is C25H25N5O4S. The number of carbonyl (C=O) groups is 3. The number of hydrogen-bond acceptors (Lipinski definition) is 6. The van der Waals surface area contributed by atoms with Crippen LogP contribution in [0.5, 0.6) is 5.75 Å². The van der Waals surface area contributed by atoms with Gasteiger partial charge >= 0.3 is 6.03 Å². The molecule has 0 radical (unpaired) electrons. The van der Waals surface area contributed by atoms with E-state index in [0.29, 0.717) is 45.6 Å².